The smallest absolute Gasteiger partial charge is 0.0619 e. The van der Waals surface area contributed by atoms with Crippen LogP contribution in [0.2, 0.25) is 0 Å². The number of hydrogen-bond donors (Lipinski definition) is 0. The van der Waals surface area contributed by atoms with Crippen LogP contribution in [0.15, 0.2) is 291 Å². The molecule has 0 fully saturated rings. The quantitative estimate of drug-likeness (QED) is 0.131. The van der Waals surface area contributed by atoms with Crippen molar-refractivity contribution >= 4 is 71.2 Å². The molecule has 0 unspecified atom stereocenters. The minimum atomic E-state index is 1.07. The van der Waals surface area contributed by atoms with Crippen molar-refractivity contribution < 1.29 is 0 Å². The number of benzene rings is 13. The van der Waals surface area contributed by atoms with Gasteiger partial charge in [-0.25, -0.2) is 0 Å². The molecule has 0 amide bonds. The molecule has 0 bridgehead atoms. The van der Waals surface area contributed by atoms with Crippen molar-refractivity contribution in [2.75, 3.05) is 4.90 Å². The zero-order chi connectivity index (χ0) is 49.0. The molecule has 13 aromatic carbocycles. The number of fused-ring (bicyclic) bond motifs is 7. The molecular formula is C72H48N2. The fourth-order valence-corrected chi connectivity index (χ4v) is 11.6. The highest BCUT2D eigenvalue weighted by Crippen LogP contribution is 2.47. The average Bonchev–Trinajstić information content (AvgIpc) is 3.85. The lowest BCUT2D eigenvalue weighted by Gasteiger charge is -2.27. The van der Waals surface area contributed by atoms with Crippen molar-refractivity contribution in [1.29, 1.82) is 0 Å². The first-order valence-electron chi connectivity index (χ1n) is 25.5. The standard InChI is InChI=1S/C72H48N2/c1-4-20-52(21-5-1)70-66-32-13-12-30-63(66)64-46-41-54(48-68(64)71(70)53-22-6-2-7-23-53)49-37-42-57(43-38-49)73(58-44-39-51(40-45-58)61-33-17-24-50-19-10-11-29-60(50)61)59-28-16-25-55(47-59)62-34-18-35-67-65-31-14-15-36-69(65)74(72(62)67)56-26-8-3-9-27-56/h1-48H. The van der Waals surface area contributed by atoms with E-state index in [1.807, 2.05) is 0 Å². The molecule has 0 aliphatic carbocycles. The molecule has 0 spiro atoms. The molecule has 14 aromatic rings. The van der Waals surface area contributed by atoms with E-state index in [-0.39, 0.29) is 0 Å². The third kappa shape index (κ3) is 7.35. The number of para-hydroxylation sites is 3. The Balaban J connectivity index is 0.923. The van der Waals surface area contributed by atoms with Crippen LogP contribution < -0.4 is 4.90 Å². The third-order valence-corrected chi connectivity index (χ3v) is 15.0. The van der Waals surface area contributed by atoms with Crippen LogP contribution in [0.25, 0.3) is 115 Å². The third-order valence-electron chi connectivity index (χ3n) is 15.0. The van der Waals surface area contributed by atoms with E-state index in [0.717, 1.165) is 33.9 Å². The average molecular weight is 941 g/mol. The summed E-state index contributed by atoms with van der Waals surface area (Å²) in [4.78, 5) is 2.40. The zero-order valence-corrected chi connectivity index (χ0v) is 40.6. The van der Waals surface area contributed by atoms with Gasteiger partial charge in [-0.1, -0.05) is 231 Å². The van der Waals surface area contributed by atoms with Crippen molar-refractivity contribution in [3.8, 4) is 61.3 Å². The molecule has 2 nitrogen and oxygen atoms in total. The van der Waals surface area contributed by atoms with E-state index >= 15 is 0 Å². The molecular weight excluding hydrogens is 893 g/mol. The number of anilines is 3. The van der Waals surface area contributed by atoms with Crippen LogP contribution in [0, 0.1) is 0 Å². The first kappa shape index (κ1) is 43.1. The van der Waals surface area contributed by atoms with E-state index < -0.39 is 0 Å². The SMILES string of the molecule is c1ccc(-c2c(-c3ccccc3)c3cc(-c4ccc(N(c5ccc(-c6cccc7ccccc67)cc5)c5cccc(-c6cccc7c8ccccc8n(-c8ccccc8)c67)c5)cc4)ccc3c3ccccc23)cc1. The molecule has 1 heterocycles. The molecule has 74 heavy (non-hydrogen) atoms. The Morgan fingerprint density at radius 3 is 1.47 bits per heavy atom. The van der Waals surface area contributed by atoms with Crippen LogP contribution in [0.1, 0.15) is 0 Å². The summed E-state index contributed by atoms with van der Waals surface area (Å²) in [6.45, 7) is 0. The van der Waals surface area contributed by atoms with Gasteiger partial charge in [-0.15, -0.1) is 0 Å². The van der Waals surface area contributed by atoms with Crippen molar-refractivity contribution in [3.05, 3.63) is 291 Å². The summed E-state index contributed by atoms with van der Waals surface area (Å²) >= 11 is 0. The van der Waals surface area contributed by atoms with E-state index in [1.54, 1.807) is 0 Å². The number of aromatic nitrogens is 1. The maximum absolute atomic E-state index is 2.43. The highest BCUT2D eigenvalue weighted by Gasteiger charge is 2.21. The molecule has 0 N–H and O–H groups in total. The molecule has 1 aromatic heterocycles. The van der Waals surface area contributed by atoms with Gasteiger partial charge in [0.05, 0.1) is 11.0 Å². The summed E-state index contributed by atoms with van der Waals surface area (Å²) < 4.78 is 2.43. The molecule has 0 saturated carbocycles. The maximum Gasteiger partial charge on any atom is 0.0619 e. The normalized spacial score (nSPS) is 11.5. The van der Waals surface area contributed by atoms with Crippen LogP contribution in [0.5, 0.6) is 0 Å². The molecule has 346 valence electrons. The Kier molecular flexibility index (Phi) is 10.6. The highest BCUT2D eigenvalue weighted by atomic mass is 15.1. The predicted octanol–water partition coefficient (Wildman–Crippen LogP) is 20.0. The van der Waals surface area contributed by atoms with Gasteiger partial charge in [0.2, 0.25) is 0 Å². The van der Waals surface area contributed by atoms with Gasteiger partial charge in [-0.05, 0) is 143 Å². The number of hydrogen-bond acceptors (Lipinski definition) is 1. The molecule has 0 aliphatic heterocycles. The van der Waals surface area contributed by atoms with Crippen molar-refractivity contribution in [1.82, 2.24) is 4.57 Å². The summed E-state index contributed by atoms with van der Waals surface area (Å²) in [6, 6.07) is 106. The summed E-state index contributed by atoms with van der Waals surface area (Å²) in [7, 11) is 0. The van der Waals surface area contributed by atoms with Gasteiger partial charge in [0.25, 0.3) is 0 Å². The van der Waals surface area contributed by atoms with E-state index in [9.17, 15) is 0 Å². The zero-order valence-electron chi connectivity index (χ0n) is 40.6. The maximum atomic E-state index is 2.43. The highest BCUT2D eigenvalue weighted by molar-refractivity contribution is 6.22. The van der Waals surface area contributed by atoms with Crippen LogP contribution in [-0.2, 0) is 0 Å². The summed E-state index contributed by atoms with van der Waals surface area (Å²) in [5.41, 5.74) is 18.8. The second kappa shape index (κ2) is 18.1. The lowest BCUT2D eigenvalue weighted by atomic mass is 9.84. The molecule has 2 heteroatoms. The predicted molar refractivity (Wildman–Crippen MR) is 315 cm³/mol. The van der Waals surface area contributed by atoms with Gasteiger partial charge in [0.15, 0.2) is 0 Å². The van der Waals surface area contributed by atoms with Crippen molar-refractivity contribution in [2.24, 2.45) is 0 Å². The molecule has 0 radical (unpaired) electrons. The van der Waals surface area contributed by atoms with Gasteiger partial charge < -0.3 is 9.47 Å². The van der Waals surface area contributed by atoms with Crippen LogP contribution in [0.4, 0.5) is 17.1 Å². The summed E-state index contributed by atoms with van der Waals surface area (Å²) in [5.74, 6) is 0. The van der Waals surface area contributed by atoms with E-state index in [4.69, 9.17) is 0 Å². The van der Waals surface area contributed by atoms with Crippen molar-refractivity contribution in [3.63, 3.8) is 0 Å². The van der Waals surface area contributed by atoms with Gasteiger partial charge in [0, 0.05) is 39.1 Å². The Labute approximate surface area is 430 Å². The lowest BCUT2D eigenvalue weighted by molar-refractivity contribution is 1.18. The number of nitrogens with zero attached hydrogens (tertiary/aromatic N) is 2. The van der Waals surface area contributed by atoms with E-state index in [0.29, 0.717) is 0 Å². The number of rotatable bonds is 9. The molecule has 14 rings (SSSR count). The van der Waals surface area contributed by atoms with Crippen LogP contribution in [-0.4, -0.2) is 4.57 Å². The minimum Gasteiger partial charge on any atom is -0.310 e. The molecule has 0 atom stereocenters. The van der Waals surface area contributed by atoms with Gasteiger partial charge in [-0.2, -0.15) is 0 Å². The minimum absolute atomic E-state index is 1.07. The Bertz CT molecular complexity index is 4380. The molecule has 0 saturated heterocycles. The fraction of sp³-hybridized carbons (Fsp3) is 0. The Hall–Kier alpha value is -9.76. The lowest BCUT2D eigenvalue weighted by Crippen LogP contribution is -2.10. The molecule has 0 aliphatic rings. The Morgan fingerprint density at radius 2 is 0.743 bits per heavy atom. The van der Waals surface area contributed by atoms with E-state index in [1.165, 1.54) is 98.6 Å². The van der Waals surface area contributed by atoms with Crippen molar-refractivity contribution in [2.45, 2.75) is 0 Å². The second-order valence-electron chi connectivity index (χ2n) is 19.2. The van der Waals surface area contributed by atoms with Crippen LogP contribution in [0.3, 0.4) is 0 Å². The monoisotopic (exact) mass is 940 g/mol. The van der Waals surface area contributed by atoms with Gasteiger partial charge in [-0.3, -0.25) is 0 Å². The summed E-state index contributed by atoms with van der Waals surface area (Å²) in [5, 5.41) is 9.96. The Morgan fingerprint density at radius 1 is 0.243 bits per heavy atom. The van der Waals surface area contributed by atoms with Crippen LogP contribution >= 0.6 is 0 Å². The first-order valence-corrected chi connectivity index (χ1v) is 25.5. The van der Waals surface area contributed by atoms with Gasteiger partial charge in [0.1, 0.15) is 0 Å². The van der Waals surface area contributed by atoms with Gasteiger partial charge >= 0.3 is 0 Å². The largest absolute Gasteiger partial charge is 0.310 e. The topological polar surface area (TPSA) is 8.17 Å². The van der Waals surface area contributed by atoms with E-state index in [2.05, 4.69) is 301 Å². The second-order valence-corrected chi connectivity index (χ2v) is 19.2. The summed E-state index contributed by atoms with van der Waals surface area (Å²) in [6.07, 6.45) is 0. The first-order chi connectivity index (χ1) is 36.7. The fourth-order valence-electron chi connectivity index (χ4n) is 11.6.